The number of thioether (sulfide) groups is 1. The number of carbonyl (C=O) groups is 1. The van der Waals surface area contributed by atoms with Crippen LogP contribution in [0.4, 0.5) is 5.00 Å². The molecule has 4 heterocycles. The Kier molecular flexibility index (Phi) is 9.56. The quantitative estimate of drug-likeness (QED) is 0.249. The topological polar surface area (TPSA) is 64.8 Å². The van der Waals surface area contributed by atoms with E-state index in [1.54, 1.807) is 37.3 Å². The summed E-state index contributed by atoms with van der Waals surface area (Å²) < 4.78 is 15.4. The molecule has 1 aliphatic heterocycles. The highest BCUT2D eigenvalue weighted by molar-refractivity contribution is 8.22. The Morgan fingerprint density at radius 1 is 0.795 bits per heavy atom. The maximum absolute atomic E-state index is 13.6. The third-order valence-electron chi connectivity index (χ3n) is 7.60. The van der Waals surface area contributed by atoms with Crippen molar-refractivity contribution in [3.05, 3.63) is 56.1 Å². The van der Waals surface area contributed by atoms with Crippen LogP contribution in [0.1, 0.15) is 60.3 Å². The van der Waals surface area contributed by atoms with Gasteiger partial charge in [0, 0.05) is 43.6 Å². The molecule has 0 fully saturated rings. The number of hydrogen-bond acceptors (Lipinski definition) is 9. The van der Waals surface area contributed by atoms with E-state index >= 15 is 0 Å². The molecule has 2 aliphatic rings. The third kappa shape index (κ3) is 5.82. The molecular weight excluding hydrogens is 629 g/mol. The van der Waals surface area contributed by atoms with Crippen LogP contribution < -0.4 is 28.5 Å². The molecule has 44 heavy (non-hydrogen) atoms. The van der Waals surface area contributed by atoms with E-state index in [1.165, 1.54) is 32.7 Å². The van der Waals surface area contributed by atoms with E-state index in [0.717, 1.165) is 19.2 Å². The van der Waals surface area contributed by atoms with E-state index in [4.69, 9.17) is 9.47 Å². The summed E-state index contributed by atoms with van der Waals surface area (Å²) in [6.45, 7) is 17.5. The molecular formula is C34H40N2O4S4. The molecule has 10 heteroatoms. The van der Waals surface area contributed by atoms with Gasteiger partial charge in [-0.2, -0.15) is 0 Å². The Bertz CT molecular complexity index is 1800. The van der Waals surface area contributed by atoms with E-state index < -0.39 is 0 Å². The number of carbonyl (C=O) groups excluding carboxylic acids is 1. The zero-order chi connectivity index (χ0) is 32.0. The highest BCUT2D eigenvalue weighted by Crippen LogP contribution is 2.48. The lowest BCUT2D eigenvalue weighted by atomic mass is 9.87. The van der Waals surface area contributed by atoms with Crippen LogP contribution in [0, 0.1) is 0 Å². The molecule has 0 saturated carbocycles. The monoisotopic (exact) mass is 668 g/mol. The molecule has 6 nitrogen and oxygen atoms in total. The number of methoxy groups -OCH3 is 2. The minimum absolute atomic E-state index is 0.226. The lowest BCUT2D eigenvalue weighted by molar-refractivity contribution is -0.584. The summed E-state index contributed by atoms with van der Waals surface area (Å²) in [7, 11) is 3.25. The first-order valence-corrected chi connectivity index (χ1v) is 18.1. The molecule has 0 unspecified atom stereocenters. The predicted molar refractivity (Wildman–Crippen MR) is 188 cm³/mol. The summed E-state index contributed by atoms with van der Waals surface area (Å²) in [5.74, 6) is 0.893. The summed E-state index contributed by atoms with van der Waals surface area (Å²) >= 11 is 6.27. The number of thiophene rings is 3. The van der Waals surface area contributed by atoms with Gasteiger partial charge in [0.05, 0.1) is 33.5 Å². The first-order valence-electron chi connectivity index (χ1n) is 14.8. The van der Waals surface area contributed by atoms with Crippen molar-refractivity contribution in [2.45, 2.75) is 79.6 Å². The molecule has 5 rings (SSSR count). The van der Waals surface area contributed by atoms with Crippen LogP contribution in [0.3, 0.4) is 0 Å². The van der Waals surface area contributed by atoms with Crippen LogP contribution in [-0.2, 0) is 4.79 Å². The molecule has 0 amide bonds. The van der Waals surface area contributed by atoms with E-state index in [1.807, 2.05) is 12.1 Å². The van der Waals surface area contributed by atoms with E-state index in [0.29, 0.717) is 45.1 Å². The summed E-state index contributed by atoms with van der Waals surface area (Å²) in [5, 5.41) is 15.9. The van der Waals surface area contributed by atoms with Crippen LogP contribution in [0.5, 0.6) is 11.5 Å². The SMILES string of the molecule is COc1cc(C2=C([O-])/C(=c3\cc(OC)/c(=C4/C=CC(=[N+](C(C)C)C(C)C)S4)s3)C2=O)sc1-c1ccc(N(C(C)C)C(C)C)s1. The fourth-order valence-electron chi connectivity index (χ4n) is 5.87. The average Bonchev–Trinajstić information content (AvgIpc) is 3.74. The largest absolute Gasteiger partial charge is 0.871 e. The number of Topliss-reactive ketones (excluding diaryl/α,β-unsaturated/α-hetero) is 1. The number of rotatable bonds is 9. The number of ketones is 1. The first kappa shape index (κ1) is 32.6. The lowest BCUT2D eigenvalue weighted by Gasteiger charge is -2.31. The van der Waals surface area contributed by atoms with Crippen molar-refractivity contribution in [2.75, 3.05) is 19.1 Å². The predicted octanol–water partition coefficient (Wildman–Crippen LogP) is 6.32. The van der Waals surface area contributed by atoms with Gasteiger partial charge in [0.25, 0.3) is 0 Å². The minimum Gasteiger partial charge on any atom is -0.871 e. The highest BCUT2D eigenvalue weighted by Gasteiger charge is 2.33. The molecule has 234 valence electrons. The van der Waals surface area contributed by atoms with E-state index in [-0.39, 0.29) is 22.7 Å². The van der Waals surface area contributed by atoms with Gasteiger partial charge in [0.2, 0.25) is 5.04 Å². The molecule has 0 N–H and O–H groups in total. The summed E-state index contributed by atoms with van der Waals surface area (Å²) in [6.07, 6.45) is 4.23. The summed E-state index contributed by atoms with van der Waals surface area (Å²) in [6, 6.07) is 9.35. The first-order chi connectivity index (χ1) is 20.9. The fraction of sp³-hybridized carbons (Fsp3) is 0.412. The maximum atomic E-state index is 13.6. The van der Waals surface area contributed by atoms with Gasteiger partial charge in [-0.25, -0.2) is 4.58 Å². The summed E-state index contributed by atoms with van der Waals surface area (Å²) in [4.78, 5) is 19.6. The number of allylic oxidation sites excluding steroid dienone is 2. The fourth-order valence-corrected chi connectivity index (χ4v) is 11.0. The van der Waals surface area contributed by atoms with Gasteiger partial charge in [-0.1, -0.05) is 5.76 Å². The zero-order valence-corrected chi connectivity index (χ0v) is 30.2. The van der Waals surface area contributed by atoms with Crippen LogP contribution in [-0.4, -0.2) is 53.8 Å². The smallest absolute Gasteiger partial charge is 0.240 e. The van der Waals surface area contributed by atoms with Gasteiger partial charge in [0.1, 0.15) is 23.6 Å². The second-order valence-corrected chi connectivity index (χ2v) is 16.1. The van der Waals surface area contributed by atoms with E-state index in [2.05, 4.69) is 89.2 Å². The number of anilines is 1. The number of hydrogen-bond donors (Lipinski definition) is 0. The third-order valence-corrected chi connectivity index (χ3v) is 12.4. The van der Waals surface area contributed by atoms with Crippen molar-refractivity contribution in [2.24, 2.45) is 0 Å². The van der Waals surface area contributed by atoms with E-state index in [9.17, 15) is 9.90 Å². The molecule has 0 spiro atoms. The van der Waals surface area contributed by atoms with Gasteiger partial charge in [-0.15, -0.1) is 34.0 Å². The number of nitrogens with zero attached hydrogens (tertiary/aromatic N) is 2. The van der Waals surface area contributed by atoms with Gasteiger partial charge in [0.15, 0.2) is 5.78 Å². The second-order valence-electron chi connectivity index (χ2n) is 11.9. The van der Waals surface area contributed by atoms with Gasteiger partial charge in [-0.3, -0.25) is 4.79 Å². The van der Waals surface area contributed by atoms with Crippen molar-refractivity contribution in [1.82, 2.24) is 0 Å². The van der Waals surface area contributed by atoms with Gasteiger partial charge in [-0.05, 0) is 97.5 Å². The Balaban J connectivity index is 1.54. The van der Waals surface area contributed by atoms with Gasteiger partial charge < -0.3 is 19.5 Å². The van der Waals surface area contributed by atoms with Crippen LogP contribution in [0.25, 0.3) is 25.8 Å². The molecule has 0 saturated heterocycles. The van der Waals surface area contributed by atoms with Gasteiger partial charge >= 0.3 is 0 Å². The molecule has 3 aromatic heterocycles. The van der Waals surface area contributed by atoms with Crippen molar-refractivity contribution in [3.63, 3.8) is 0 Å². The normalized spacial score (nSPS) is 17.6. The Labute approximate surface area is 276 Å². The average molecular weight is 669 g/mol. The molecule has 1 aliphatic carbocycles. The highest BCUT2D eigenvalue weighted by atomic mass is 32.2. The van der Waals surface area contributed by atoms with Crippen LogP contribution in [0.2, 0.25) is 0 Å². The molecule has 0 aromatic carbocycles. The molecule has 3 aromatic rings. The second kappa shape index (κ2) is 12.9. The van der Waals surface area contributed by atoms with Crippen LogP contribution >= 0.6 is 45.8 Å². The molecule has 0 radical (unpaired) electrons. The van der Waals surface area contributed by atoms with Crippen LogP contribution in [0.15, 0.2) is 42.2 Å². The Morgan fingerprint density at radius 2 is 1.45 bits per heavy atom. The Morgan fingerprint density at radius 3 is 2.02 bits per heavy atom. The maximum Gasteiger partial charge on any atom is 0.240 e. The molecule has 0 atom stereocenters. The summed E-state index contributed by atoms with van der Waals surface area (Å²) in [5.41, 5.74) is 0.461. The minimum atomic E-state index is -0.226. The zero-order valence-electron chi connectivity index (χ0n) is 26.9. The van der Waals surface area contributed by atoms with Crippen molar-refractivity contribution in [3.8, 4) is 21.3 Å². The Hall–Kier alpha value is -2.79. The van der Waals surface area contributed by atoms with Crippen molar-refractivity contribution < 1.29 is 24.0 Å². The number of ether oxygens (including phenoxy) is 2. The van der Waals surface area contributed by atoms with Crippen molar-refractivity contribution in [1.29, 1.82) is 0 Å². The van der Waals surface area contributed by atoms with Crippen molar-refractivity contribution >= 4 is 77.7 Å². The standard InChI is InChI=1S/C34H40N2O4S4/c1-17(2)35(18(3)4)27-13-11-23(41-27)33-21(39-9)15-25(43-33)29-31(37)30(32(29)38)26-16-22(40-10)34(44-26)24-12-14-28(42-24)36(19(5)6)20(7)8/h11-20H,1-10H3. The lowest BCUT2D eigenvalue weighted by Crippen LogP contribution is -2.36. The molecule has 0 bridgehead atoms.